The van der Waals surface area contributed by atoms with Crippen molar-refractivity contribution >= 4 is 45.5 Å². The number of amides is 2. The van der Waals surface area contributed by atoms with E-state index in [9.17, 15) is 29.6 Å². The molecule has 0 unspecified atom stereocenters. The lowest BCUT2D eigenvalue weighted by molar-refractivity contribution is -0.384. The Balaban J connectivity index is 2.35. The van der Waals surface area contributed by atoms with Gasteiger partial charge in [-0.25, -0.2) is 4.79 Å². The molecule has 0 spiro atoms. The first-order valence-electron chi connectivity index (χ1n) is 8.65. The molecule has 2 rings (SSSR count). The van der Waals surface area contributed by atoms with Gasteiger partial charge in [0, 0.05) is 12.1 Å². The molecular weight excluding hydrogens is 462 g/mol. The summed E-state index contributed by atoms with van der Waals surface area (Å²) in [4.78, 5) is 46.7. The summed E-state index contributed by atoms with van der Waals surface area (Å²) in [6.45, 7) is 3.25. The van der Waals surface area contributed by atoms with Crippen molar-refractivity contribution in [1.29, 1.82) is 0 Å². The molecule has 3 N–H and O–H groups in total. The highest BCUT2D eigenvalue weighted by molar-refractivity contribution is 9.10. The van der Waals surface area contributed by atoms with Gasteiger partial charge in [0.05, 0.1) is 4.92 Å². The first kappa shape index (κ1) is 22.8. The van der Waals surface area contributed by atoms with Crippen LogP contribution in [0.5, 0.6) is 0 Å². The molecule has 2 amide bonds. The molecule has 0 aliphatic heterocycles. The molecule has 11 heteroatoms. The van der Waals surface area contributed by atoms with E-state index in [0.717, 1.165) is 0 Å². The molecular formula is C19H18BrN3O7. The molecule has 0 aliphatic rings. The largest absolute Gasteiger partial charge is 0.480 e. The average Bonchev–Trinajstić information content (AvgIpc) is 3.11. The number of benzene rings is 1. The average molecular weight is 480 g/mol. The van der Waals surface area contributed by atoms with Gasteiger partial charge in [0.2, 0.25) is 0 Å². The number of nitrogens with zero attached hydrogens (tertiary/aromatic N) is 1. The molecule has 158 valence electrons. The number of carbonyl (C=O) groups is 3. The number of aliphatic carboxylic acids is 1. The van der Waals surface area contributed by atoms with Crippen LogP contribution in [0.15, 0.2) is 51.2 Å². The molecule has 0 bridgehead atoms. The summed E-state index contributed by atoms with van der Waals surface area (Å²) in [7, 11) is 0. The molecule has 0 saturated carbocycles. The van der Waals surface area contributed by atoms with E-state index in [0.29, 0.717) is 10.2 Å². The van der Waals surface area contributed by atoms with Crippen molar-refractivity contribution in [2.75, 3.05) is 0 Å². The van der Waals surface area contributed by atoms with Gasteiger partial charge < -0.3 is 20.2 Å². The molecule has 1 heterocycles. The predicted octanol–water partition coefficient (Wildman–Crippen LogP) is 2.95. The summed E-state index contributed by atoms with van der Waals surface area (Å²) in [5, 5.41) is 24.8. The van der Waals surface area contributed by atoms with Crippen LogP contribution in [-0.4, -0.2) is 33.9 Å². The molecule has 1 aromatic carbocycles. The van der Waals surface area contributed by atoms with E-state index in [4.69, 9.17) is 4.42 Å². The maximum Gasteiger partial charge on any atom is 0.326 e. The number of nitrogens with one attached hydrogen (secondary N) is 2. The number of nitro groups is 1. The van der Waals surface area contributed by atoms with Crippen molar-refractivity contribution in [3.05, 3.63) is 68.2 Å². The first-order valence-corrected chi connectivity index (χ1v) is 9.44. The Morgan fingerprint density at radius 3 is 2.27 bits per heavy atom. The van der Waals surface area contributed by atoms with Crippen LogP contribution in [0.1, 0.15) is 30.0 Å². The Morgan fingerprint density at radius 2 is 1.80 bits per heavy atom. The van der Waals surface area contributed by atoms with Gasteiger partial charge in [-0.05, 0) is 57.8 Å². The number of non-ortho nitro benzene ring substituents is 1. The smallest absolute Gasteiger partial charge is 0.326 e. The Morgan fingerprint density at radius 1 is 1.17 bits per heavy atom. The van der Waals surface area contributed by atoms with Gasteiger partial charge in [0.15, 0.2) is 10.4 Å². The second-order valence-corrected chi connectivity index (χ2v) is 7.28. The van der Waals surface area contributed by atoms with E-state index in [1.54, 1.807) is 13.8 Å². The van der Waals surface area contributed by atoms with Crippen LogP contribution < -0.4 is 10.6 Å². The van der Waals surface area contributed by atoms with Crippen LogP contribution in [0.3, 0.4) is 0 Å². The van der Waals surface area contributed by atoms with Gasteiger partial charge in [-0.2, -0.15) is 0 Å². The maximum absolute atomic E-state index is 12.7. The summed E-state index contributed by atoms with van der Waals surface area (Å²) >= 11 is 3.07. The fourth-order valence-electron chi connectivity index (χ4n) is 2.37. The SMILES string of the molecule is CC(C)[C@@H](NC(=O)/C(=C\c1ccc([N+](=O)[O-])cc1)NC(=O)c1ccc(Br)o1)C(=O)O. The molecule has 0 radical (unpaired) electrons. The highest BCUT2D eigenvalue weighted by atomic mass is 79.9. The van der Waals surface area contributed by atoms with Crippen molar-refractivity contribution in [2.45, 2.75) is 19.9 Å². The van der Waals surface area contributed by atoms with E-state index in [1.165, 1.54) is 42.5 Å². The summed E-state index contributed by atoms with van der Waals surface area (Å²) in [6.07, 6.45) is 1.27. The summed E-state index contributed by atoms with van der Waals surface area (Å²) in [5.74, 6) is -3.30. The third-order valence-electron chi connectivity index (χ3n) is 3.92. The Hall–Kier alpha value is -3.47. The number of furan rings is 1. The minimum absolute atomic E-state index is 0.0806. The normalized spacial score (nSPS) is 12.3. The lowest BCUT2D eigenvalue weighted by Crippen LogP contribution is -2.47. The summed E-state index contributed by atoms with van der Waals surface area (Å²) < 4.78 is 5.46. The monoisotopic (exact) mass is 479 g/mol. The van der Waals surface area contributed by atoms with E-state index < -0.39 is 34.7 Å². The minimum Gasteiger partial charge on any atom is -0.480 e. The van der Waals surface area contributed by atoms with Crippen LogP contribution in [0.2, 0.25) is 0 Å². The zero-order valence-electron chi connectivity index (χ0n) is 15.9. The molecule has 30 heavy (non-hydrogen) atoms. The van der Waals surface area contributed by atoms with Gasteiger partial charge in [-0.1, -0.05) is 13.8 Å². The van der Waals surface area contributed by atoms with Crippen molar-refractivity contribution in [3.63, 3.8) is 0 Å². The number of carboxylic acids is 1. The molecule has 10 nitrogen and oxygen atoms in total. The maximum atomic E-state index is 12.7. The zero-order chi connectivity index (χ0) is 22.4. The van der Waals surface area contributed by atoms with Crippen molar-refractivity contribution in [3.8, 4) is 0 Å². The Labute approximate surface area is 179 Å². The fraction of sp³-hybridized carbons (Fsp3) is 0.211. The zero-order valence-corrected chi connectivity index (χ0v) is 17.5. The van der Waals surface area contributed by atoms with Crippen LogP contribution in [-0.2, 0) is 9.59 Å². The highest BCUT2D eigenvalue weighted by Crippen LogP contribution is 2.16. The molecule has 0 saturated heterocycles. The molecule has 1 aromatic heterocycles. The molecule has 0 aliphatic carbocycles. The van der Waals surface area contributed by atoms with Crippen molar-refractivity contribution in [2.24, 2.45) is 5.92 Å². The van der Waals surface area contributed by atoms with E-state index in [-0.39, 0.29) is 17.1 Å². The van der Waals surface area contributed by atoms with E-state index >= 15 is 0 Å². The highest BCUT2D eigenvalue weighted by Gasteiger charge is 2.26. The molecule has 2 aromatic rings. The Bertz CT molecular complexity index is 996. The third-order valence-corrected chi connectivity index (χ3v) is 4.35. The predicted molar refractivity (Wildman–Crippen MR) is 109 cm³/mol. The first-order chi connectivity index (χ1) is 14.1. The number of rotatable bonds is 8. The standard InChI is InChI=1S/C19H18BrN3O7/c1-10(2)16(19(26)27)22-17(24)13(21-18(25)14-7-8-15(20)30-14)9-11-3-5-12(6-4-11)23(28)29/h3-10,16H,1-2H3,(H,21,25)(H,22,24)(H,26,27)/b13-9+/t16-/m1/s1. The van der Waals surface area contributed by atoms with Crippen LogP contribution in [0.4, 0.5) is 5.69 Å². The van der Waals surface area contributed by atoms with Crippen LogP contribution in [0.25, 0.3) is 6.08 Å². The number of nitro benzene ring substituents is 1. The summed E-state index contributed by atoms with van der Waals surface area (Å²) in [6, 6.07) is 6.94. The fourth-order valence-corrected chi connectivity index (χ4v) is 2.68. The van der Waals surface area contributed by atoms with Gasteiger partial charge in [-0.3, -0.25) is 19.7 Å². The van der Waals surface area contributed by atoms with Gasteiger partial charge in [0.1, 0.15) is 11.7 Å². The van der Waals surface area contributed by atoms with Gasteiger partial charge in [-0.15, -0.1) is 0 Å². The quantitative estimate of drug-likeness (QED) is 0.298. The van der Waals surface area contributed by atoms with E-state index in [1.807, 2.05) is 0 Å². The lowest BCUT2D eigenvalue weighted by atomic mass is 10.0. The lowest BCUT2D eigenvalue weighted by Gasteiger charge is -2.19. The molecule has 1 atom stereocenters. The van der Waals surface area contributed by atoms with Crippen LogP contribution >= 0.6 is 15.9 Å². The number of hydrogen-bond donors (Lipinski definition) is 3. The van der Waals surface area contributed by atoms with Crippen molar-refractivity contribution in [1.82, 2.24) is 10.6 Å². The Kier molecular flexibility index (Phi) is 7.48. The summed E-state index contributed by atoms with van der Waals surface area (Å²) in [5.41, 5.74) is -0.0234. The minimum atomic E-state index is -1.23. The second-order valence-electron chi connectivity index (χ2n) is 6.50. The number of carboxylic acid groups (broad SMARTS) is 1. The van der Waals surface area contributed by atoms with Crippen LogP contribution in [0, 0.1) is 16.0 Å². The van der Waals surface area contributed by atoms with Gasteiger partial charge >= 0.3 is 5.97 Å². The topological polar surface area (TPSA) is 152 Å². The second kappa shape index (κ2) is 9.83. The van der Waals surface area contributed by atoms with E-state index in [2.05, 4.69) is 26.6 Å². The molecule has 0 fully saturated rings. The van der Waals surface area contributed by atoms with Gasteiger partial charge in [0.25, 0.3) is 17.5 Å². The third kappa shape index (κ3) is 6.01. The number of halogens is 1. The number of carbonyl (C=O) groups excluding carboxylic acids is 2. The van der Waals surface area contributed by atoms with Crippen molar-refractivity contribution < 1.29 is 28.8 Å². The number of hydrogen-bond acceptors (Lipinski definition) is 6.